The average molecular weight is 372 g/mol. The Morgan fingerprint density at radius 2 is 1.67 bits per heavy atom. The van der Waals surface area contributed by atoms with Crippen molar-refractivity contribution in [3.05, 3.63) is 59.9 Å². The van der Waals surface area contributed by atoms with Gasteiger partial charge >= 0.3 is 0 Å². The fourth-order valence-electron chi connectivity index (χ4n) is 3.12. The lowest BCUT2D eigenvalue weighted by atomic mass is 10.1. The second-order valence-electron chi connectivity index (χ2n) is 6.69. The fourth-order valence-corrected chi connectivity index (χ4v) is 3.12. The maximum atomic E-state index is 12.9. The predicted molar refractivity (Wildman–Crippen MR) is 101 cm³/mol. The molecule has 2 aromatic carbocycles. The van der Waals surface area contributed by atoms with Gasteiger partial charge in [-0.05, 0) is 48.4 Å². The molecule has 0 aromatic heterocycles. The summed E-state index contributed by atoms with van der Waals surface area (Å²) in [7, 11) is 0. The molecule has 27 heavy (non-hydrogen) atoms. The zero-order valence-electron chi connectivity index (χ0n) is 15.3. The molecule has 1 fully saturated rings. The highest BCUT2D eigenvalue weighted by atomic mass is 19.1. The zero-order chi connectivity index (χ0) is 19.1. The van der Waals surface area contributed by atoms with Gasteiger partial charge in [0.1, 0.15) is 23.9 Å². The highest BCUT2D eigenvalue weighted by Crippen LogP contribution is 2.13. The monoisotopic (exact) mass is 372 g/mol. The standard InChI is InChI=1S/C21H25FN2O3/c22-18-4-8-20(9-5-18)27-16-15-23-11-13-24(14-12-23)21(26)10-3-17-1-6-19(25)7-2-17/h1-2,4-9,25H,3,10-16H2. The minimum absolute atomic E-state index is 0.172. The Labute approximate surface area is 159 Å². The van der Waals surface area contributed by atoms with Crippen LogP contribution in [0.25, 0.3) is 0 Å². The number of hydrogen-bond acceptors (Lipinski definition) is 4. The Balaban J connectivity index is 1.33. The van der Waals surface area contributed by atoms with E-state index in [2.05, 4.69) is 4.90 Å². The molecule has 1 N–H and O–H groups in total. The Hall–Kier alpha value is -2.60. The van der Waals surface area contributed by atoms with Crippen LogP contribution in [0.15, 0.2) is 48.5 Å². The first-order valence-corrected chi connectivity index (χ1v) is 9.26. The Morgan fingerprint density at radius 3 is 2.33 bits per heavy atom. The molecule has 0 radical (unpaired) electrons. The van der Waals surface area contributed by atoms with Crippen LogP contribution in [0.4, 0.5) is 4.39 Å². The summed E-state index contributed by atoms with van der Waals surface area (Å²) >= 11 is 0. The number of piperazine rings is 1. The summed E-state index contributed by atoms with van der Waals surface area (Å²) in [5, 5.41) is 9.30. The van der Waals surface area contributed by atoms with Gasteiger partial charge in [0.2, 0.25) is 5.91 Å². The van der Waals surface area contributed by atoms with E-state index in [-0.39, 0.29) is 17.5 Å². The van der Waals surface area contributed by atoms with Crippen molar-refractivity contribution in [2.45, 2.75) is 12.8 Å². The van der Waals surface area contributed by atoms with Crippen LogP contribution in [0.3, 0.4) is 0 Å². The fraction of sp³-hybridized carbons (Fsp3) is 0.381. The number of nitrogens with zero attached hydrogens (tertiary/aromatic N) is 2. The van der Waals surface area contributed by atoms with Gasteiger partial charge in [-0.15, -0.1) is 0 Å². The number of halogens is 1. The quantitative estimate of drug-likeness (QED) is 0.812. The molecule has 1 aliphatic heterocycles. The van der Waals surface area contributed by atoms with E-state index in [0.29, 0.717) is 25.2 Å². The zero-order valence-corrected chi connectivity index (χ0v) is 15.3. The number of aromatic hydroxyl groups is 1. The van der Waals surface area contributed by atoms with Crippen molar-refractivity contribution in [2.24, 2.45) is 0 Å². The van der Waals surface area contributed by atoms with Crippen molar-refractivity contribution in [2.75, 3.05) is 39.3 Å². The molecule has 1 aliphatic rings. The SMILES string of the molecule is O=C(CCc1ccc(O)cc1)N1CCN(CCOc2ccc(F)cc2)CC1. The second-order valence-corrected chi connectivity index (χ2v) is 6.69. The summed E-state index contributed by atoms with van der Waals surface area (Å²) in [6, 6.07) is 13.0. The van der Waals surface area contributed by atoms with Crippen LogP contribution < -0.4 is 4.74 Å². The molecule has 5 nitrogen and oxygen atoms in total. The van der Waals surface area contributed by atoms with Gasteiger partial charge in [0, 0.05) is 39.1 Å². The van der Waals surface area contributed by atoms with E-state index in [4.69, 9.17) is 4.74 Å². The molecule has 3 rings (SSSR count). The molecule has 0 atom stereocenters. The van der Waals surface area contributed by atoms with Crippen LogP contribution in [-0.2, 0) is 11.2 Å². The van der Waals surface area contributed by atoms with Crippen molar-refractivity contribution in [1.29, 1.82) is 0 Å². The largest absolute Gasteiger partial charge is 0.508 e. The molecule has 1 heterocycles. The van der Waals surface area contributed by atoms with E-state index >= 15 is 0 Å². The second kappa shape index (κ2) is 9.37. The topological polar surface area (TPSA) is 53.0 Å². The van der Waals surface area contributed by atoms with Crippen LogP contribution >= 0.6 is 0 Å². The number of hydrogen-bond donors (Lipinski definition) is 1. The van der Waals surface area contributed by atoms with Crippen molar-refractivity contribution in [3.8, 4) is 11.5 Å². The molecule has 0 aliphatic carbocycles. The Morgan fingerprint density at radius 1 is 1.00 bits per heavy atom. The summed E-state index contributed by atoms with van der Waals surface area (Å²) in [4.78, 5) is 16.6. The van der Waals surface area contributed by atoms with Crippen LogP contribution in [0.2, 0.25) is 0 Å². The van der Waals surface area contributed by atoms with Crippen LogP contribution in [-0.4, -0.2) is 60.1 Å². The molecule has 0 spiro atoms. The molecule has 6 heteroatoms. The molecule has 1 amide bonds. The third-order valence-corrected chi connectivity index (χ3v) is 4.78. The molecule has 2 aromatic rings. The molecule has 144 valence electrons. The summed E-state index contributed by atoms with van der Waals surface area (Å²) in [6.07, 6.45) is 1.17. The minimum atomic E-state index is -0.270. The number of carbonyl (C=O) groups is 1. The summed E-state index contributed by atoms with van der Waals surface area (Å²) in [5.41, 5.74) is 1.05. The third-order valence-electron chi connectivity index (χ3n) is 4.78. The highest BCUT2D eigenvalue weighted by Gasteiger charge is 2.20. The summed E-state index contributed by atoms with van der Waals surface area (Å²) in [5.74, 6) is 0.808. The molecule has 0 bridgehead atoms. The molecular formula is C21H25FN2O3. The van der Waals surface area contributed by atoms with Crippen LogP contribution in [0, 0.1) is 5.82 Å². The first-order chi connectivity index (χ1) is 13.1. The maximum Gasteiger partial charge on any atom is 0.222 e. The lowest BCUT2D eigenvalue weighted by Crippen LogP contribution is -2.49. The van der Waals surface area contributed by atoms with Crippen molar-refractivity contribution in [3.63, 3.8) is 0 Å². The first-order valence-electron chi connectivity index (χ1n) is 9.26. The van der Waals surface area contributed by atoms with Gasteiger partial charge in [-0.1, -0.05) is 12.1 Å². The van der Waals surface area contributed by atoms with Gasteiger partial charge in [0.15, 0.2) is 0 Å². The number of amides is 1. The van der Waals surface area contributed by atoms with Gasteiger partial charge in [-0.3, -0.25) is 9.69 Å². The van der Waals surface area contributed by atoms with Crippen LogP contribution in [0.5, 0.6) is 11.5 Å². The van der Waals surface area contributed by atoms with E-state index in [1.54, 1.807) is 24.3 Å². The normalized spacial score (nSPS) is 14.9. The van der Waals surface area contributed by atoms with E-state index in [1.165, 1.54) is 12.1 Å². The maximum absolute atomic E-state index is 12.9. The first kappa shape index (κ1) is 19.2. The highest BCUT2D eigenvalue weighted by molar-refractivity contribution is 5.76. The Bertz CT molecular complexity index is 726. The smallest absolute Gasteiger partial charge is 0.222 e. The molecule has 0 saturated carbocycles. The Kier molecular flexibility index (Phi) is 6.65. The van der Waals surface area contributed by atoms with Gasteiger partial charge in [-0.25, -0.2) is 4.39 Å². The van der Waals surface area contributed by atoms with E-state index < -0.39 is 0 Å². The van der Waals surface area contributed by atoms with E-state index in [9.17, 15) is 14.3 Å². The number of phenolic OH excluding ortho intramolecular Hbond substituents is 1. The number of benzene rings is 2. The number of phenols is 1. The van der Waals surface area contributed by atoms with Gasteiger partial charge in [0.25, 0.3) is 0 Å². The van der Waals surface area contributed by atoms with Gasteiger partial charge in [0.05, 0.1) is 0 Å². The number of ether oxygens (including phenoxy) is 1. The number of aryl methyl sites for hydroxylation is 1. The molecule has 1 saturated heterocycles. The van der Waals surface area contributed by atoms with Gasteiger partial charge < -0.3 is 14.7 Å². The van der Waals surface area contributed by atoms with Crippen molar-refractivity contribution < 1.29 is 19.0 Å². The number of rotatable bonds is 7. The lowest BCUT2D eigenvalue weighted by molar-refractivity contribution is -0.132. The third kappa shape index (κ3) is 5.96. The van der Waals surface area contributed by atoms with Crippen molar-refractivity contribution in [1.82, 2.24) is 9.80 Å². The number of carbonyl (C=O) groups excluding carboxylic acids is 1. The van der Waals surface area contributed by atoms with E-state index in [1.807, 2.05) is 17.0 Å². The minimum Gasteiger partial charge on any atom is -0.508 e. The lowest BCUT2D eigenvalue weighted by Gasteiger charge is -2.34. The average Bonchev–Trinajstić information content (AvgIpc) is 2.69. The van der Waals surface area contributed by atoms with Crippen LogP contribution in [0.1, 0.15) is 12.0 Å². The van der Waals surface area contributed by atoms with Gasteiger partial charge in [-0.2, -0.15) is 0 Å². The summed E-state index contributed by atoms with van der Waals surface area (Å²) < 4.78 is 18.5. The predicted octanol–water partition coefficient (Wildman–Crippen LogP) is 2.69. The van der Waals surface area contributed by atoms with Crippen molar-refractivity contribution >= 4 is 5.91 Å². The molecular weight excluding hydrogens is 347 g/mol. The van der Waals surface area contributed by atoms with E-state index in [0.717, 1.165) is 38.3 Å². The summed E-state index contributed by atoms with van der Waals surface area (Å²) in [6.45, 7) is 4.44. The molecule has 0 unspecified atom stereocenters.